The topological polar surface area (TPSA) is 0 Å². The van der Waals surface area contributed by atoms with E-state index in [4.69, 9.17) is 0 Å². The van der Waals surface area contributed by atoms with Crippen LogP contribution in [0.4, 0.5) is 0 Å². The normalized spacial score (nSPS) is 13.5. The Morgan fingerprint density at radius 3 is 0.659 bits per heavy atom. The second-order valence-electron chi connectivity index (χ2n) is 27.1. The van der Waals surface area contributed by atoms with Crippen LogP contribution in [0.2, 0.25) is 0 Å². The number of fused-ring (bicyclic) bond motifs is 4. The van der Waals surface area contributed by atoms with E-state index in [0.29, 0.717) is 0 Å². The molecule has 0 saturated heterocycles. The molecule has 88 heavy (non-hydrogen) atoms. The smallest absolute Gasteiger partial charge is 0.00139 e. The van der Waals surface area contributed by atoms with Crippen molar-refractivity contribution in [3.8, 4) is 44.5 Å². The summed E-state index contributed by atoms with van der Waals surface area (Å²) in [6, 6.07) is 73.4. The van der Waals surface area contributed by atoms with E-state index in [9.17, 15) is 0 Å². The summed E-state index contributed by atoms with van der Waals surface area (Å²) < 4.78 is 0. The van der Waals surface area contributed by atoms with Gasteiger partial charge in [-0.2, -0.15) is 0 Å². The summed E-state index contributed by atoms with van der Waals surface area (Å²) in [4.78, 5) is 0. The Bertz CT molecular complexity index is 3800. The molecule has 0 nitrogen and oxygen atoms in total. The highest BCUT2D eigenvalue weighted by atomic mass is 14.3. The van der Waals surface area contributed by atoms with Gasteiger partial charge in [0.15, 0.2) is 0 Å². The monoisotopic (exact) mass is 1150 g/mol. The van der Waals surface area contributed by atoms with E-state index >= 15 is 0 Å². The van der Waals surface area contributed by atoms with Gasteiger partial charge in [0.25, 0.3) is 0 Å². The zero-order chi connectivity index (χ0) is 60.7. The molecule has 12 rings (SSSR count). The first-order chi connectivity index (χ1) is 43.2. The van der Waals surface area contributed by atoms with Gasteiger partial charge in [0.05, 0.1) is 0 Å². The predicted molar refractivity (Wildman–Crippen MR) is 390 cm³/mol. The van der Waals surface area contributed by atoms with Crippen LogP contribution in [0.15, 0.2) is 182 Å². The van der Waals surface area contributed by atoms with Crippen LogP contribution in [0.5, 0.6) is 0 Å². The number of rotatable bonds is 28. The minimum absolute atomic E-state index is 0.732. The lowest BCUT2D eigenvalue weighted by atomic mass is 9.81. The van der Waals surface area contributed by atoms with Gasteiger partial charge in [-0.15, -0.1) is 0 Å². The van der Waals surface area contributed by atoms with Gasteiger partial charge in [0.2, 0.25) is 0 Å². The van der Waals surface area contributed by atoms with Crippen LogP contribution in [0, 0.1) is 23.7 Å². The summed E-state index contributed by atoms with van der Waals surface area (Å²) in [6.07, 6.45) is 25.1. The van der Waals surface area contributed by atoms with Gasteiger partial charge in [0.1, 0.15) is 0 Å². The van der Waals surface area contributed by atoms with Gasteiger partial charge in [-0.3, -0.25) is 0 Å². The molecule has 0 aromatic heterocycles. The molecule has 0 aliphatic carbocycles. The van der Waals surface area contributed by atoms with Gasteiger partial charge in [-0.05, 0) is 228 Å². The molecule has 4 atom stereocenters. The average molecular weight is 1160 g/mol. The first-order valence-corrected chi connectivity index (χ1v) is 35.1. The van der Waals surface area contributed by atoms with E-state index in [-0.39, 0.29) is 0 Å². The highest BCUT2D eigenvalue weighted by molar-refractivity contribution is 6.32. The molecule has 0 bridgehead atoms. The van der Waals surface area contributed by atoms with Gasteiger partial charge in [-0.1, -0.05) is 304 Å². The van der Waals surface area contributed by atoms with E-state index in [0.717, 1.165) is 49.4 Å². The first-order valence-electron chi connectivity index (χ1n) is 35.1. The summed E-state index contributed by atoms with van der Waals surface area (Å²) in [7, 11) is 0. The van der Waals surface area contributed by atoms with Crippen molar-refractivity contribution in [2.75, 3.05) is 0 Å². The highest BCUT2D eigenvalue weighted by Crippen LogP contribution is 2.50. The minimum Gasteiger partial charge on any atom is -0.0654 e. The molecule has 0 N–H and O–H groups in total. The van der Waals surface area contributed by atoms with Crippen LogP contribution < -0.4 is 0 Å². The average Bonchev–Trinajstić information content (AvgIpc) is 1.04. The maximum absolute atomic E-state index is 2.54. The summed E-state index contributed by atoms with van der Waals surface area (Å²) in [5, 5.41) is 18.5. The van der Waals surface area contributed by atoms with Gasteiger partial charge in [0, 0.05) is 0 Å². The van der Waals surface area contributed by atoms with E-state index < -0.39 is 0 Å². The van der Waals surface area contributed by atoms with Crippen molar-refractivity contribution in [3.63, 3.8) is 0 Å². The minimum atomic E-state index is 0.732. The predicted octanol–water partition coefficient (Wildman–Crippen LogP) is 26.9. The molecule has 0 spiro atoms. The number of unbranched alkanes of at least 4 members (excludes halogenated alkanes) is 4. The van der Waals surface area contributed by atoms with Gasteiger partial charge < -0.3 is 0 Å². The van der Waals surface area contributed by atoms with Crippen molar-refractivity contribution in [3.05, 3.63) is 204 Å². The number of hydrogen-bond acceptors (Lipinski definition) is 0. The Morgan fingerprint density at radius 1 is 0.227 bits per heavy atom. The second kappa shape index (κ2) is 28.0. The molecule has 450 valence electrons. The fourth-order valence-electron chi connectivity index (χ4n) is 15.4. The van der Waals surface area contributed by atoms with Crippen molar-refractivity contribution in [1.82, 2.24) is 0 Å². The molecular formula is C88H98. The van der Waals surface area contributed by atoms with Crippen LogP contribution >= 0.6 is 0 Å². The van der Waals surface area contributed by atoms with Crippen LogP contribution in [0.3, 0.4) is 0 Å². The second-order valence-corrected chi connectivity index (χ2v) is 27.1. The molecule has 0 fully saturated rings. The Hall–Kier alpha value is -7.28. The summed E-state index contributed by atoms with van der Waals surface area (Å²) >= 11 is 0. The molecule has 0 amide bonds. The van der Waals surface area contributed by atoms with Crippen molar-refractivity contribution in [1.29, 1.82) is 0 Å². The summed E-state index contributed by atoms with van der Waals surface area (Å²) in [5.74, 6) is 2.93. The Labute approximate surface area is 528 Å². The van der Waals surface area contributed by atoms with Crippen molar-refractivity contribution in [2.45, 2.75) is 184 Å². The Balaban J connectivity index is 1.06. The van der Waals surface area contributed by atoms with E-state index in [1.165, 1.54) is 245 Å². The number of hydrogen-bond donors (Lipinski definition) is 0. The largest absolute Gasteiger partial charge is 0.0654 e. The highest BCUT2D eigenvalue weighted by Gasteiger charge is 2.23. The zero-order valence-corrected chi connectivity index (χ0v) is 54.8. The third-order valence-corrected chi connectivity index (χ3v) is 21.0. The van der Waals surface area contributed by atoms with Gasteiger partial charge in [-0.25, -0.2) is 0 Å². The maximum Gasteiger partial charge on any atom is -0.00139 e. The standard InChI is InChI=1S/C88H98/c1-9-17-21-59(13-5)45-63-25-29-71-53-75(37-33-67(71)49-63)83-57-84(76-38-34-68-50-64(26-30-72(68)54-76)46-60(14-6)22-18-10-2)80-43-44-82-86(78-40-36-70-52-66(28-32-74(70)56-78)48-62(16-8)24-20-12-4)58-85(81-42-41-79(83)87(80)88(81)82)77-39-35-69-51-65(27-31-73(69)55-77)47-61(15-7)23-19-11-3/h25-44,49-62H,9-24,45-48H2,1-8H3. The molecule has 4 unspecified atom stereocenters. The molecule has 0 aliphatic rings. The van der Waals surface area contributed by atoms with Crippen LogP contribution in [-0.2, 0) is 25.7 Å². The molecule has 12 aromatic carbocycles. The lowest BCUT2D eigenvalue weighted by molar-refractivity contribution is 0.449. The van der Waals surface area contributed by atoms with Crippen LogP contribution in [0.25, 0.3) is 120 Å². The van der Waals surface area contributed by atoms with Crippen LogP contribution in [0.1, 0.15) is 180 Å². The third kappa shape index (κ3) is 13.1. The van der Waals surface area contributed by atoms with E-state index in [1.807, 2.05) is 0 Å². The summed E-state index contributed by atoms with van der Waals surface area (Å²) in [6.45, 7) is 18.8. The molecular weight excluding hydrogens is 1060 g/mol. The Morgan fingerprint density at radius 2 is 0.443 bits per heavy atom. The number of benzene rings is 12. The first kappa shape index (κ1) is 61.0. The van der Waals surface area contributed by atoms with Crippen molar-refractivity contribution < 1.29 is 0 Å². The fourth-order valence-corrected chi connectivity index (χ4v) is 15.4. The zero-order valence-electron chi connectivity index (χ0n) is 54.8. The van der Waals surface area contributed by atoms with Crippen LogP contribution in [-0.4, -0.2) is 0 Å². The quantitative estimate of drug-likeness (QED) is 0.0429. The van der Waals surface area contributed by atoms with Crippen molar-refractivity contribution >= 4 is 75.4 Å². The molecule has 12 aromatic rings. The van der Waals surface area contributed by atoms with Crippen molar-refractivity contribution in [2.24, 2.45) is 23.7 Å². The third-order valence-electron chi connectivity index (χ3n) is 21.0. The van der Waals surface area contributed by atoms with Gasteiger partial charge >= 0.3 is 0 Å². The lowest BCUT2D eigenvalue weighted by Gasteiger charge is -2.22. The Kier molecular flexibility index (Phi) is 19.4. The maximum atomic E-state index is 2.54. The molecule has 0 radical (unpaired) electrons. The van der Waals surface area contributed by atoms with E-state index in [2.05, 4.69) is 237 Å². The van der Waals surface area contributed by atoms with E-state index in [1.54, 1.807) is 0 Å². The molecule has 0 aliphatic heterocycles. The fraction of sp³-hybridized carbons (Fsp3) is 0.364. The molecule has 0 heteroatoms. The lowest BCUT2D eigenvalue weighted by Crippen LogP contribution is -2.03. The molecule has 0 saturated carbocycles. The molecule has 0 heterocycles. The SMILES string of the molecule is CCCCC(CC)Cc1ccc2cc(-c3cc(-c4ccc5cc(CC(CC)CCCC)ccc5c4)c4ccc5c(-c6ccc7cc(CC(CC)CCCC)ccc7c6)cc(-c6ccc7cc(CC(CC)CCCC)ccc7c6)c6ccc3c4c65)ccc2c1. The summed E-state index contributed by atoms with van der Waals surface area (Å²) in [5.41, 5.74) is 16.1.